The van der Waals surface area contributed by atoms with E-state index in [-0.39, 0.29) is 11.9 Å². The van der Waals surface area contributed by atoms with Gasteiger partial charge in [0.05, 0.1) is 7.11 Å². The van der Waals surface area contributed by atoms with Crippen molar-refractivity contribution in [3.05, 3.63) is 28.8 Å². The molecule has 2 rings (SSSR count). The van der Waals surface area contributed by atoms with Gasteiger partial charge in [0.25, 0.3) is 0 Å². The molecule has 1 saturated carbocycles. The van der Waals surface area contributed by atoms with Crippen LogP contribution in [0.25, 0.3) is 0 Å². The monoisotopic (exact) mass is 301 g/mol. The molecule has 0 aromatic heterocycles. The maximum atomic E-state index is 12.2. The van der Waals surface area contributed by atoms with E-state index in [1.807, 2.05) is 0 Å². The van der Waals surface area contributed by atoms with E-state index in [9.17, 15) is 4.79 Å². The molecule has 1 N–H and O–H groups in total. The predicted molar refractivity (Wildman–Crippen MR) is 77.0 cm³/mol. The standard InChI is InChI=1S/C14H17Cl2NO2/c1-19-11-8-4-7-10(15)12(11)13(16)14(18)17-9-5-2-3-6-9/h4,7-9,13H,2-3,5-6H2,1H3,(H,17,18). The number of hydrogen-bond acceptors (Lipinski definition) is 2. The molecule has 1 unspecified atom stereocenters. The minimum absolute atomic E-state index is 0.208. The summed E-state index contributed by atoms with van der Waals surface area (Å²) in [5.74, 6) is 0.328. The first-order chi connectivity index (χ1) is 9.13. The summed E-state index contributed by atoms with van der Waals surface area (Å²) in [6.45, 7) is 0. The Hall–Kier alpha value is -0.930. The number of carbonyl (C=O) groups excluding carboxylic acids is 1. The van der Waals surface area contributed by atoms with Crippen molar-refractivity contribution in [3.63, 3.8) is 0 Å². The molecule has 1 aliphatic rings. The number of amides is 1. The molecule has 1 fully saturated rings. The quantitative estimate of drug-likeness (QED) is 0.862. The predicted octanol–water partition coefficient (Wildman–Crippen LogP) is 3.69. The Bertz CT molecular complexity index is 459. The number of halogens is 2. The van der Waals surface area contributed by atoms with Gasteiger partial charge in [-0.05, 0) is 25.0 Å². The first-order valence-electron chi connectivity index (χ1n) is 6.40. The fraction of sp³-hybridized carbons (Fsp3) is 0.500. The Kier molecular flexibility index (Phi) is 4.94. The summed E-state index contributed by atoms with van der Waals surface area (Å²) in [4.78, 5) is 12.2. The zero-order chi connectivity index (χ0) is 13.8. The summed E-state index contributed by atoms with van der Waals surface area (Å²) in [6, 6.07) is 5.46. The molecule has 0 spiro atoms. The second kappa shape index (κ2) is 6.49. The highest BCUT2D eigenvalue weighted by molar-refractivity contribution is 6.36. The van der Waals surface area contributed by atoms with Crippen molar-refractivity contribution in [1.82, 2.24) is 5.32 Å². The van der Waals surface area contributed by atoms with E-state index in [4.69, 9.17) is 27.9 Å². The zero-order valence-electron chi connectivity index (χ0n) is 10.8. The van der Waals surface area contributed by atoms with Crippen LogP contribution in [0.5, 0.6) is 5.75 Å². The number of nitrogens with one attached hydrogen (secondary N) is 1. The summed E-state index contributed by atoms with van der Waals surface area (Å²) in [7, 11) is 1.54. The van der Waals surface area contributed by atoms with Gasteiger partial charge in [-0.1, -0.05) is 30.5 Å². The molecule has 0 heterocycles. The highest BCUT2D eigenvalue weighted by Gasteiger charge is 2.27. The molecular weight excluding hydrogens is 285 g/mol. The van der Waals surface area contributed by atoms with Crippen LogP contribution in [0.4, 0.5) is 0 Å². The number of ether oxygens (including phenoxy) is 1. The van der Waals surface area contributed by atoms with Crippen molar-refractivity contribution in [2.75, 3.05) is 7.11 Å². The molecule has 0 bridgehead atoms. The summed E-state index contributed by atoms with van der Waals surface area (Å²) in [6.07, 6.45) is 4.37. The molecule has 1 aromatic rings. The van der Waals surface area contributed by atoms with Crippen LogP contribution in [-0.2, 0) is 4.79 Å². The van der Waals surface area contributed by atoms with Crippen LogP contribution >= 0.6 is 23.2 Å². The lowest BCUT2D eigenvalue weighted by atomic mass is 10.1. The van der Waals surface area contributed by atoms with Gasteiger partial charge in [0.15, 0.2) is 0 Å². The average molecular weight is 302 g/mol. The summed E-state index contributed by atoms with van der Waals surface area (Å²) in [5, 5.41) is 2.59. The molecule has 0 saturated heterocycles. The Morgan fingerprint density at radius 2 is 2.11 bits per heavy atom. The summed E-state index contributed by atoms with van der Waals surface area (Å²) >= 11 is 12.4. The normalized spacial score (nSPS) is 17.2. The van der Waals surface area contributed by atoms with Crippen molar-refractivity contribution in [2.45, 2.75) is 37.1 Å². The molecule has 1 aliphatic carbocycles. The zero-order valence-corrected chi connectivity index (χ0v) is 12.3. The molecule has 104 valence electrons. The van der Waals surface area contributed by atoms with Crippen molar-refractivity contribution in [1.29, 1.82) is 0 Å². The van der Waals surface area contributed by atoms with Crippen molar-refractivity contribution >= 4 is 29.1 Å². The largest absolute Gasteiger partial charge is 0.496 e. The van der Waals surface area contributed by atoms with Crippen molar-refractivity contribution < 1.29 is 9.53 Å². The Labute approximate surface area is 123 Å². The van der Waals surface area contributed by atoms with Gasteiger partial charge in [0.2, 0.25) is 5.91 Å². The average Bonchev–Trinajstić information content (AvgIpc) is 2.90. The number of methoxy groups -OCH3 is 1. The minimum Gasteiger partial charge on any atom is -0.496 e. The van der Waals surface area contributed by atoms with Gasteiger partial charge in [-0.3, -0.25) is 4.79 Å². The van der Waals surface area contributed by atoms with E-state index in [1.54, 1.807) is 18.2 Å². The summed E-state index contributed by atoms with van der Waals surface area (Å²) < 4.78 is 5.22. The molecule has 0 radical (unpaired) electrons. The molecular formula is C14H17Cl2NO2. The van der Waals surface area contributed by atoms with Crippen molar-refractivity contribution in [3.8, 4) is 5.75 Å². The van der Waals surface area contributed by atoms with Gasteiger partial charge in [0.1, 0.15) is 11.1 Å². The third kappa shape index (κ3) is 3.34. The first kappa shape index (κ1) is 14.5. The topological polar surface area (TPSA) is 38.3 Å². The second-order valence-electron chi connectivity index (χ2n) is 4.71. The van der Waals surface area contributed by atoms with Gasteiger partial charge in [-0.2, -0.15) is 0 Å². The molecule has 1 amide bonds. The first-order valence-corrected chi connectivity index (χ1v) is 7.21. The van der Waals surface area contributed by atoms with Crippen LogP contribution in [0.2, 0.25) is 5.02 Å². The van der Waals surface area contributed by atoms with Gasteiger partial charge in [-0.15, -0.1) is 11.6 Å². The van der Waals surface area contributed by atoms with Crippen molar-refractivity contribution in [2.24, 2.45) is 0 Å². The highest BCUT2D eigenvalue weighted by atomic mass is 35.5. The van der Waals surface area contributed by atoms with Gasteiger partial charge < -0.3 is 10.1 Å². The van der Waals surface area contributed by atoms with Crippen LogP contribution in [0.1, 0.15) is 36.6 Å². The van der Waals surface area contributed by atoms with E-state index in [0.717, 1.165) is 25.7 Å². The lowest BCUT2D eigenvalue weighted by Gasteiger charge is -2.18. The molecule has 1 aromatic carbocycles. The third-order valence-corrected chi connectivity index (χ3v) is 4.16. The van der Waals surface area contributed by atoms with Crippen LogP contribution < -0.4 is 10.1 Å². The van der Waals surface area contributed by atoms with E-state index in [1.165, 1.54) is 7.11 Å². The number of hydrogen-bond donors (Lipinski definition) is 1. The number of rotatable bonds is 4. The summed E-state index contributed by atoms with van der Waals surface area (Å²) in [5.41, 5.74) is 0.531. The second-order valence-corrected chi connectivity index (χ2v) is 5.55. The smallest absolute Gasteiger partial charge is 0.243 e. The van der Waals surface area contributed by atoms with Crippen LogP contribution in [0, 0.1) is 0 Å². The Morgan fingerprint density at radius 3 is 2.74 bits per heavy atom. The van der Waals surface area contributed by atoms with Crippen LogP contribution in [0.15, 0.2) is 18.2 Å². The number of benzene rings is 1. The van der Waals surface area contributed by atoms with Crippen LogP contribution in [0.3, 0.4) is 0 Å². The molecule has 0 aliphatic heterocycles. The third-order valence-electron chi connectivity index (χ3n) is 3.42. The highest BCUT2D eigenvalue weighted by Crippen LogP contribution is 2.36. The van der Waals surface area contributed by atoms with E-state index >= 15 is 0 Å². The fourth-order valence-electron chi connectivity index (χ4n) is 2.42. The lowest BCUT2D eigenvalue weighted by molar-refractivity contribution is -0.121. The van der Waals surface area contributed by atoms with Gasteiger partial charge in [-0.25, -0.2) is 0 Å². The Morgan fingerprint density at radius 1 is 1.42 bits per heavy atom. The van der Waals surface area contributed by atoms with E-state index in [2.05, 4.69) is 5.32 Å². The number of alkyl halides is 1. The van der Waals surface area contributed by atoms with E-state index < -0.39 is 5.38 Å². The maximum Gasteiger partial charge on any atom is 0.243 e. The fourth-order valence-corrected chi connectivity index (χ4v) is 3.04. The molecule has 19 heavy (non-hydrogen) atoms. The molecule has 5 heteroatoms. The minimum atomic E-state index is -0.829. The Balaban J connectivity index is 2.13. The number of carbonyl (C=O) groups is 1. The maximum absolute atomic E-state index is 12.2. The lowest BCUT2D eigenvalue weighted by Crippen LogP contribution is -2.35. The van der Waals surface area contributed by atoms with E-state index in [0.29, 0.717) is 16.3 Å². The van der Waals surface area contributed by atoms with Gasteiger partial charge >= 0.3 is 0 Å². The molecule has 3 nitrogen and oxygen atoms in total. The SMILES string of the molecule is COc1cccc(Cl)c1C(Cl)C(=O)NC1CCCC1. The van der Waals surface area contributed by atoms with Gasteiger partial charge in [0, 0.05) is 16.6 Å². The molecule has 1 atom stereocenters. The van der Waals surface area contributed by atoms with Crippen LogP contribution in [-0.4, -0.2) is 19.1 Å².